The van der Waals surface area contributed by atoms with Crippen LogP contribution in [0.1, 0.15) is 25.0 Å². The molecule has 24 heavy (non-hydrogen) atoms. The summed E-state index contributed by atoms with van der Waals surface area (Å²) < 4.78 is 76.2. The Balaban J connectivity index is 0.000000405. The lowest BCUT2D eigenvalue weighted by Gasteiger charge is -2.09. The molecule has 0 atom stereocenters. The van der Waals surface area contributed by atoms with Gasteiger partial charge in [0.2, 0.25) is 5.88 Å². The molecule has 8 heteroatoms. The summed E-state index contributed by atoms with van der Waals surface area (Å²) in [6.45, 7) is 4.00. The Morgan fingerprint density at radius 2 is 1.33 bits per heavy atom. The first-order valence-corrected chi connectivity index (χ1v) is 6.84. The number of hydrogen-bond acceptors (Lipinski definition) is 2. The number of rotatable bonds is 1. The Labute approximate surface area is 136 Å². The van der Waals surface area contributed by atoms with Crippen LogP contribution in [0.4, 0.5) is 26.3 Å². The third-order valence-electron chi connectivity index (χ3n) is 2.37. The molecule has 0 spiro atoms. The van der Waals surface area contributed by atoms with Crippen LogP contribution in [0.15, 0.2) is 48.7 Å². The summed E-state index contributed by atoms with van der Waals surface area (Å²) in [6, 6.07) is 8.50. The summed E-state index contributed by atoms with van der Waals surface area (Å²) in [5.41, 5.74) is -1.46. The number of halogens is 6. The minimum Gasteiger partial charge on any atom is -0.481 e. The van der Waals surface area contributed by atoms with Gasteiger partial charge >= 0.3 is 12.4 Å². The molecular weight excluding hydrogens is 336 g/mol. The van der Waals surface area contributed by atoms with Gasteiger partial charge in [0.1, 0.15) is 5.56 Å². The van der Waals surface area contributed by atoms with Crippen molar-refractivity contribution in [3.05, 3.63) is 59.8 Å². The lowest BCUT2D eigenvalue weighted by molar-refractivity contribution is -0.139. The van der Waals surface area contributed by atoms with Crippen molar-refractivity contribution < 1.29 is 31.1 Å². The highest BCUT2D eigenvalue weighted by atomic mass is 19.4. The van der Waals surface area contributed by atoms with Gasteiger partial charge in [0.15, 0.2) is 0 Å². The summed E-state index contributed by atoms with van der Waals surface area (Å²) in [6.07, 6.45) is -7.37. The summed E-state index contributed by atoms with van der Waals surface area (Å²) in [5, 5.41) is 0. The van der Waals surface area contributed by atoms with E-state index in [9.17, 15) is 26.3 Å². The number of alkyl halides is 6. The van der Waals surface area contributed by atoms with Gasteiger partial charge in [-0.2, -0.15) is 26.3 Å². The van der Waals surface area contributed by atoms with Crippen molar-refractivity contribution in [3.63, 3.8) is 0 Å². The van der Waals surface area contributed by atoms with Crippen LogP contribution >= 0.6 is 0 Å². The molecule has 0 bridgehead atoms. The Morgan fingerprint density at radius 3 is 1.67 bits per heavy atom. The molecule has 2 nitrogen and oxygen atoms in total. The van der Waals surface area contributed by atoms with Gasteiger partial charge in [0.25, 0.3) is 0 Å². The highest BCUT2D eigenvalue weighted by molar-refractivity contribution is 5.28. The van der Waals surface area contributed by atoms with Crippen molar-refractivity contribution in [2.24, 2.45) is 0 Å². The van der Waals surface area contributed by atoms with Gasteiger partial charge in [-0.1, -0.05) is 44.2 Å². The van der Waals surface area contributed by atoms with Crippen LogP contribution in [0, 0.1) is 0 Å². The standard InChI is InChI=1S/C7H6F3NO.C7H5F3.C2H6/c1-12-6-5(7(8,9)10)3-2-4-11-6;8-7(9,10)6-4-2-1-3-5-6;1-2/h2-4H,1H3;1-5H;1-2H3. The molecule has 0 N–H and O–H groups in total. The zero-order chi connectivity index (χ0) is 18.8. The molecule has 1 aromatic carbocycles. The smallest absolute Gasteiger partial charge is 0.421 e. The zero-order valence-electron chi connectivity index (χ0n) is 13.2. The maximum absolute atomic E-state index is 12.1. The second kappa shape index (κ2) is 9.79. The molecule has 0 aliphatic carbocycles. The van der Waals surface area contributed by atoms with Crippen molar-refractivity contribution in [3.8, 4) is 5.88 Å². The first-order chi connectivity index (χ1) is 11.2. The van der Waals surface area contributed by atoms with Gasteiger partial charge in [0.05, 0.1) is 12.7 Å². The first-order valence-electron chi connectivity index (χ1n) is 6.84. The Bertz CT molecular complexity index is 581. The predicted molar refractivity (Wildman–Crippen MR) is 78.6 cm³/mol. The molecule has 2 rings (SSSR count). The highest BCUT2D eigenvalue weighted by Gasteiger charge is 2.34. The predicted octanol–water partition coefficient (Wildman–Crippen LogP) is 5.84. The third-order valence-corrected chi connectivity index (χ3v) is 2.37. The van der Waals surface area contributed by atoms with Crippen LogP contribution in [-0.4, -0.2) is 12.1 Å². The number of methoxy groups -OCH3 is 1. The van der Waals surface area contributed by atoms with Crippen molar-refractivity contribution in [1.29, 1.82) is 0 Å². The summed E-state index contributed by atoms with van der Waals surface area (Å²) in [5.74, 6) is -0.398. The molecule has 0 fully saturated rings. The van der Waals surface area contributed by atoms with Crippen LogP contribution in [0.3, 0.4) is 0 Å². The number of nitrogens with zero attached hydrogens (tertiary/aromatic N) is 1. The number of hydrogen-bond donors (Lipinski definition) is 0. The van der Waals surface area contributed by atoms with Crippen LogP contribution in [-0.2, 0) is 12.4 Å². The van der Waals surface area contributed by atoms with Crippen LogP contribution in [0.5, 0.6) is 5.88 Å². The Hall–Kier alpha value is -2.25. The van der Waals surface area contributed by atoms with Gasteiger partial charge < -0.3 is 4.74 Å². The fourth-order valence-corrected chi connectivity index (χ4v) is 1.40. The van der Waals surface area contributed by atoms with Crippen molar-refractivity contribution >= 4 is 0 Å². The number of ether oxygens (including phenoxy) is 1. The van der Waals surface area contributed by atoms with Crippen LogP contribution < -0.4 is 4.74 Å². The summed E-state index contributed by atoms with van der Waals surface area (Å²) in [7, 11) is 1.15. The lowest BCUT2D eigenvalue weighted by Crippen LogP contribution is -2.08. The lowest BCUT2D eigenvalue weighted by atomic mass is 10.2. The van der Waals surface area contributed by atoms with E-state index in [4.69, 9.17) is 0 Å². The molecule has 0 saturated carbocycles. The number of benzene rings is 1. The molecule has 1 aromatic heterocycles. The van der Waals surface area contributed by atoms with Gasteiger partial charge in [-0.05, 0) is 12.1 Å². The average molecular weight is 353 g/mol. The third kappa shape index (κ3) is 7.34. The van der Waals surface area contributed by atoms with Gasteiger partial charge in [0, 0.05) is 6.20 Å². The maximum atomic E-state index is 12.1. The van der Waals surface area contributed by atoms with E-state index in [-0.39, 0.29) is 0 Å². The average Bonchev–Trinajstić information content (AvgIpc) is 2.56. The van der Waals surface area contributed by atoms with Crippen molar-refractivity contribution in [1.82, 2.24) is 4.98 Å². The molecule has 0 aliphatic rings. The van der Waals surface area contributed by atoms with E-state index in [0.717, 1.165) is 25.3 Å². The molecule has 0 saturated heterocycles. The second-order valence-electron chi connectivity index (χ2n) is 3.92. The SMILES string of the molecule is CC.COc1ncccc1C(F)(F)F.FC(F)(F)c1ccccc1. The van der Waals surface area contributed by atoms with Crippen molar-refractivity contribution in [2.45, 2.75) is 26.2 Å². The zero-order valence-corrected chi connectivity index (χ0v) is 13.2. The molecule has 2 aromatic rings. The topological polar surface area (TPSA) is 22.1 Å². The fourth-order valence-electron chi connectivity index (χ4n) is 1.40. The van der Waals surface area contributed by atoms with E-state index in [1.165, 1.54) is 24.4 Å². The van der Waals surface area contributed by atoms with E-state index in [1.807, 2.05) is 13.8 Å². The fraction of sp³-hybridized carbons (Fsp3) is 0.312. The molecule has 0 amide bonds. The van der Waals surface area contributed by atoms with Gasteiger partial charge in [-0.3, -0.25) is 0 Å². The molecule has 1 heterocycles. The Morgan fingerprint density at radius 1 is 0.792 bits per heavy atom. The molecule has 0 unspecified atom stereocenters. The van der Waals surface area contributed by atoms with E-state index >= 15 is 0 Å². The van der Waals surface area contributed by atoms with Crippen molar-refractivity contribution in [2.75, 3.05) is 7.11 Å². The van der Waals surface area contributed by atoms with E-state index in [0.29, 0.717) is 0 Å². The molecule has 0 radical (unpaired) electrons. The van der Waals surface area contributed by atoms with Crippen LogP contribution in [0.25, 0.3) is 0 Å². The monoisotopic (exact) mass is 353 g/mol. The largest absolute Gasteiger partial charge is 0.481 e. The normalized spacial score (nSPS) is 10.7. The van der Waals surface area contributed by atoms with E-state index < -0.39 is 29.4 Å². The molecule has 0 aliphatic heterocycles. The Kier molecular flexibility index (Phi) is 8.87. The second-order valence-corrected chi connectivity index (χ2v) is 3.92. The maximum Gasteiger partial charge on any atom is 0.421 e. The van der Waals surface area contributed by atoms with E-state index in [1.54, 1.807) is 6.07 Å². The number of pyridine rings is 1. The van der Waals surface area contributed by atoms with Crippen LogP contribution in [0.2, 0.25) is 0 Å². The number of aromatic nitrogens is 1. The minimum absolute atomic E-state index is 0.398. The van der Waals surface area contributed by atoms with Gasteiger partial charge in [-0.25, -0.2) is 4.98 Å². The van der Waals surface area contributed by atoms with Gasteiger partial charge in [-0.15, -0.1) is 0 Å². The molecule has 134 valence electrons. The first kappa shape index (κ1) is 21.8. The summed E-state index contributed by atoms with van der Waals surface area (Å²) >= 11 is 0. The quantitative estimate of drug-likeness (QED) is 0.601. The molecular formula is C16H17F6NO. The van der Waals surface area contributed by atoms with E-state index in [2.05, 4.69) is 9.72 Å². The highest BCUT2D eigenvalue weighted by Crippen LogP contribution is 2.34. The minimum atomic E-state index is -4.40. The summed E-state index contributed by atoms with van der Waals surface area (Å²) in [4.78, 5) is 3.42.